The molecule has 0 bridgehead atoms. The van der Waals surface area contributed by atoms with Crippen LogP contribution >= 0.6 is 11.6 Å². The molecule has 1 atom stereocenters. The monoisotopic (exact) mass is 290 g/mol. The largest absolute Gasteiger partial charge is 0.374 e. The van der Waals surface area contributed by atoms with Gasteiger partial charge in [-0.15, -0.1) is 0 Å². The average molecular weight is 291 g/mol. The molecule has 0 heterocycles. The third kappa shape index (κ3) is 3.36. The maximum Gasteiger partial charge on any atom is 0.174 e. The van der Waals surface area contributed by atoms with E-state index < -0.39 is 11.5 Å². The van der Waals surface area contributed by atoms with Crippen LogP contribution in [0.3, 0.4) is 0 Å². The Morgan fingerprint density at radius 3 is 2.45 bits per heavy atom. The van der Waals surface area contributed by atoms with E-state index in [0.29, 0.717) is 10.6 Å². The lowest BCUT2D eigenvalue weighted by Crippen LogP contribution is -2.28. The van der Waals surface area contributed by atoms with Gasteiger partial charge in [-0.2, -0.15) is 10.5 Å². The molecule has 5 heteroatoms. The number of benzene rings is 1. The van der Waals surface area contributed by atoms with Crippen molar-refractivity contribution in [3.63, 3.8) is 0 Å². The highest BCUT2D eigenvalue weighted by Crippen LogP contribution is 2.42. The lowest BCUT2D eigenvalue weighted by Gasteiger charge is -2.28. The number of hydrogen-bond acceptors (Lipinski definition) is 4. The molecule has 0 spiro atoms. The highest BCUT2D eigenvalue weighted by atomic mass is 35.5. The van der Waals surface area contributed by atoms with Gasteiger partial charge in [0.05, 0.1) is 12.1 Å². The van der Waals surface area contributed by atoms with Gasteiger partial charge in [0, 0.05) is 24.1 Å². The van der Waals surface area contributed by atoms with Crippen molar-refractivity contribution < 1.29 is 9.53 Å². The highest BCUT2D eigenvalue weighted by molar-refractivity contribution is 6.31. The highest BCUT2D eigenvalue weighted by Gasteiger charge is 2.42. The number of rotatable bonds is 6. The summed E-state index contributed by atoms with van der Waals surface area (Å²) in [5.74, 6) is -0.0751. The maximum atomic E-state index is 11.2. The van der Waals surface area contributed by atoms with Gasteiger partial charge < -0.3 is 9.53 Å². The molecule has 4 nitrogen and oxygen atoms in total. The SMILES string of the molecule is COC(c1ccccc1Cl)C(C#N)(C#N)CCC(C)=O. The number of ketones is 1. The molecule has 1 unspecified atom stereocenters. The van der Waals surface area contributed by atoms with Crippen molar-refractivity contribution in [2.24, 2.45) is 5.41 Å². The van der Waals surface area contributed by atoms with Crippen LogP contribution < -0.4 is 0 Å². The molecule has 0 saturated carbocycles. The van der Waals surface area contributed by atoms with Crippen LogP contribution in [0.2, 0.25) is 5.02 Å². The van der Waals surface area contributed by atoms with Crippen molar-refractivity contribution in [1.29, 1.82) is 10.5 Å². The van der Waals surface area contributed by atoms with E-state index in [9.17, 15) is 15.3 Å². The standard InChI is InChI=1S/C15H15ClN2O2/c1-11(19)7-8-15(9-17,10-18)14(20-2)12-5-3-4-6-13(12)16/h3-6,14H,7-8H2,1-2H3. The quantitative estimate of drug-likeness (QED) is 0.804. The van der Waals surface area contributed by atoms with Crippen LogP contribution in [0.15, 0.2) is 24.3 Å². The maximum absolute atomic E-state index is 11.2. The topological polar surface area (TPSA) is 73.9 Å². The summed E-state index contributed by atoms with van der Waals surface area (Å²) in [7, 11) is 1.42. The van der Waals surface area contributed by atoms with Gasteiger partial charge in [-0.05, 0) is 19.4 Å². The fraction of sp³-hybridized carbons (Fsp3) is 0.400. The summed E-state index contributed by atoms with van der Waals surface area (Å²) >= 11 is 6.11. The number of hydrogen-bond donors (Lipinski definition) is 0. The van der Waals surface area contributed by atoms with Crippen LogP contribution in [0.5, 0.6) is 0 Å². The molecule has 1 aromatic carbocycles. The Morgan fingerprint density at radius 2 is 2.00 bits per heavy atom. The molecule has 0 radical (unpaired) electrons. The van der Waals surface area contributed by atoms with Gasteiger partial charge >= 0.3 is 0 Å². The molecule has 0 saturated heterocycles. The fourth-order valence-corrected chi connectivity index (χ4v) is 2.27. The Kier molecular flexibility index (Phi) is 5.70. The lowest BCUT2D eigenvalue weighted by molar-refractivity contribution is -0.117. The molecule has 0 aliphatic rings. The van der Waals surface area contributed by atoms with Crippen molar-refractivity contribution in [2.75, 3.05) is 7.11 Å². The molecule has 0 amide bonds. The summed E-state index contributed by atoms with van der Waals surface area (Å²) in [5.41, 5.74) is -0.867. The Bertz CT molecular complexity index is 558. The summed E-state index contributed by atoms with van der Waals surface area (Å²) in [6, 6.07) is 10.9. The molecule has 1 aromatic rings. The molecular formula is C15H15ClN2O2. The Hall–Kier alpha value is -1.88. The van der Waals surface area contributed by atoms with Gasteiger partial charge in [0.25, 0.3) is 0 Å². The first-order valence-electron chi connectivity index (χ1n) is 6.10. The summed E-state index contributed by atoms with van der Waals surface area (Å²) in [5, 5.41) is 19.3. The number of Topliss-reactive ketones (excluding diaryl/α,β-unsaturated/α-hetero) is 1. The summed E-state index contributed by atoms with van der Waals surface area (Å²) in [6.45, 7) is 1.43. The number of nitrogens with zero attached hydrogens (tertiary/aromatic N) is 2. The first kappa shape index (κ1) is 16.2. The summed E-state index contributed by atoms with van der Waals surface area (Å²) in [6.07, 6.45) is -0.546. The van der Waals surface area contributed by atoms with Gasteiger partial charge in [0.2, 0.25) is 0 Å². The molecule has 0 N–H and O–H groups in total. The van der Waals surface area contributed by atoms with Crippen LogP contribution in [0.1, 0.15) is 31.4 Å². The van der Waals surface area contributed by atoms with E-state index in [4.69, 9.17) is 16.3 Å². The van der Waals surface area contributed by atoms with Crippen LogP contribution in [-0.2, 0) is 9.53 Å². The Labute approximate surface area is 123 Å². The summed E-state index contributed by atoms with van der Waals surface area (Å²) < 4.78 is 5.36. The van der Waals surface area contributed by atoms with E-state index in [1.165, 1.54) is 14.0 Å². The first-order valence-corrected chi connectivity index (χ1v) is 6.47. The van der Waals surface area contributed by atoms with Crippen LogP contribution in [0, 0.1) is 28.1 Å². The van der Waals surface area contributed by atoms with Crippen LogP contribution in [-0.4, -0.2) is 12.9 Å². The number of carbonyl (C=O) groups is 1. The van der Waals surface area contributed by atoms with E-state index in [-0.39, 0.29) is 18.6 Å². The molecule has 1 rings (SSSR count). The van der Waals surface area contributed by atoms with E-state index in [2.05, 4.69) is 0 Å². The first-order chi connectivity index (χ1) is 9.50. The third-order valence-corrected chi connectivity index (χ3v) is 3.49. The fourth-order valence-electron chi connectivity index (χ4n) is 2.04. The van der Waals surface area contributed by atoms with Gasteiger partial charge in [0.15, 0.2) is 5.41 Å². The molecule has 0 aliphatic heterocycles. The Morgan fingerprint density at radius 1 is 1.40 bits per heavy atom. The molecule has 20 heavy (non-hydrogen) atoms. The number of carbonyl (C=O) groups excluding carboxylic acids is 1. The predicted octanol–water partition coefficient (Wildman–Crippen LogP) is 3.43. The third-order valence-electron chi connectivity index (χ3n) is 3.14. The molecule has 0 aliphatic carbocycles. The van der Waals surface area contributed by atoms with Gasteiger partial charge in [-0.25, -0.2) is 0 Å². The number of ether oxygens (including phenoxy) is 1. The molecule has 0 fully saturated rings. The molecule has 0 aromatic heterocycles. The lowest BCUT2D eigenvalue weighted by atomic mass is 9.77. The van der Waals surface area contributed by atoms with Gasteiger partial charge in [-0.1, -0.05) is 29.8 Å². The van der Waals surface area contributed by atoms with Crippen molar-refractivity contribution >= 4 is 17.4 Å². The minimum absolute atomic E-state index is 0.0751. The van der Waals surface area contributed by atoms with Crippen molar-refractivity contribution in [2.45, 2.75) is 25.9 Å². The van der Waals surface area contributed by atoms with E-state index in [0.717, 1.165) is 0 Å². The molecule has 104 valence electrons. The van der Waals surface area contributed by atoms with E-state index in [1.807, 2.05) is 12.1 Å². The van der Waals surface area contributed by atoms with E-state index >= 15 is 0 Å². The average Bonchev–Trinajstić information content (AvgIpc) is 2.45. The smallest absolute Gasteiger partial charge is 0.174 e. The van der Waals surface area contributed by atoms with Crippen molar-refractivity contribution in [1.82, 2.24) is 0 Å². The van der Waals surface area contributed by atoms with Crippen molar-refractivity contribution in [3.8, 4) is 12.1 Å². The van der Waals surface area contributed by atoms with Gasteiger partial charge in [-0.3, -0.25) is 0 Å². The zero-order valence-corrected chi connectivity index (χ0v) is 12.1. The second kappa shape index (κ2) is 7.05. The zero-order chi connectivity index (χ0) is 15.2. The van der Waals surface area contributed by atoms with Crippen molar-refractivity contribution in [3.05, 3.63) is 34.9 Å². The predicted molar refractivity (Wildman–Crippen MR) is 74.8 cm³/mol. The second-order valence-electron chi connectivity index (χ2n) is 4.53. The summed E-state index contributed by atoms with van der Waals surface area (Å²) in [4.78, 5) is 11.2. The number of methoxy groups -OCH3 is 1. The molecular weight excluding hydrogens is 276 g/mol. The minimum Gasteiger partial charge on any atom is -0.374 e. The second-order valence-corrected chi connectivity index (χ2v) is 4.94. The normalized spacial score (nSPS) is 12.2. The Balaban J connectivity index is 3.24. The number of nitriles is 2. The van der Waals surface area contributed by atoms with Gasteiger partial charge in [0.1, 0.15) is 11.9 Å². The zero-order valence-electron chi connectivity index (χ0n) is 11.4. The number of halogens is 1. The van der Waals surface area contributed by atoms with Crippen LogP contribution in [0.4, 0.5) is 0 Å². The minimum atomic E-state index is -1.44. The van der Waals surface area contributed by atoms with Crippen LogP contribution in [0.25, 0.3) is 0 Å². The van der Waals surface area contributed by atoms with E-state index in [1.54, 1.807) is 24.3 Å².